The molecule has 0 saturated heterocycles. The summed E-state index contributed by atoms with van der Waals surface area (Å²) in [5.74, 6) is -0.261. The van der Waals surface area contributed by atoms with Gasteiger partial charge in [-0.3, -0.25) is 19.7 Å². The monoisotopic (exact) mass is 280 g/mol. The molecule has 0 aliphatic carbocycles. The molecule has 0 unspecified atom stereocenters. The van der Waals surface area contributed by atoms with Gasteiger partial charge in [-0.1, -0.05) is 0 Å². The van der Waals surface area contributed by atoms with Gasteiger partial charge in [0.25, 0.3) is 6.04 Å². The molecule has 108 valence electrons. The molecule has 1 rings (SSSR count). The first-order valence-electron chi connectivity index (χ1n) is 6.02. The lowest BCUT2D eigenvalue weighted by molar-refractivity contribution is -0.507. The van der Waals surface area contributed by atoms with Crippen molar-refractivity contribution in [3.63, 3.8) is 0 Å². The highest BCUT2D eigenvalue weighted by Crippen LogP contribution is 2.15. The van der Waals surface area contributed by atoms with E-state index in [1.54, 1.807) is 24.3 Å². The third-order valence-corrected chi connectivity index (χ3v) is 2.74. The summed E-state index contributed by atoms with van der Waals surface area (Å²) in [5, 5.41) is 13.2. The summed E-state index contributed by atoms with van der Waals surface area (Å²) in [6.07, 6.45) is -0.193. The molecule has 1 N–H and O–H groups in total. The number of benzene rings is 1. The fourth-order valence-electron chi connectivity index (χ4n) is 1.62. The molecule has 7 heteroatoms. The first kappa shape index (κ1) is 15.6. The summed E-state index contributed by atoms with van der Waals surface area (Å²) < 4.78 is 4.98. The predicted molar refractivity (Wildman–Crippen MR) is 72.3 cm³/mol. The number of nitrogens with one attached hydrogen (secondary N) is 1. The largest absolute Gasteiger partial charge is 0.497 e. The molecule has 0 aliphatic heterocycles. The number of anilines is 1. The molecule has 1 atom stereocenters. The van der Waals surface area contributed by atoms with E-state index in [0.29, 0.717) is 11.4 Å². The number of hydrogen-bond acceptors (Lipinski definition) is 5. The Hall–Kier alpha value is -2.44. The van der Waals surface area contributed by atoms with Crippen molar-refractivity contribution >= 4 is 17.4 Å². The molecule has 7 nitrogen and oxygen atoms in total. The second-order valence-corrected chi connectivity index (χ2v) is 4.23. The second-order valence-electron chi connectivity index (χ2n) is 4.23. The van der Waals surface area contributed by atoms with Crippen LogP contribution in [-0.2, 0) is 9.59 Å². The molecule has 0 saturated carbocycles. The molecule has 1 aromatic rings. The Labute approximate surface area is 116 Å². The average molecular weight is 280 g/mol. The Morgan fingerprint density at radius 1 is 1.35 bits per heavy atom. The van der Waals surface area contributed by atoms with Crippen LogP contribution in [0.3, 0.4) is 0 Å². The molecule has 0 heterocycles. The van der Waals surface area contributed by atoms with Crippen LogP contribution in [0, 0.1) is 10.1 Å². The molecule has 0 spiro atoms. The molecule has 0 bridgehead atoms. The standard InChI is InChI=1S/C13H16N2O5/c1-9(16)12(15(18)19)7-8-13(17)14-10-3-5-11(20-2)6-4-10/h3-6,12H,7-8H2,1-2H3,(H,14,17)/t12-/m1/s1. The van der Waals surface area contributed by atoms with Crippen LogP contribution in [-0.4, -0.2) is 29.8 Å². The number of hydrogen-bond donors (Lipinski definition) is 1. The third-order valence-electron chi connectivity index (χ3n) is 2.74. The SMILES string of the molecule is COc1ccc(NC(=O)CC[C@H](C(C)=O)[N+](=O)[O-])cc1. The Morgan fingerprint density at radius 3 is 2.40 bits per heavy atom. The summed E-state index contributed by atoms with van der Waals surface area (Å²) in [4.78, 5) is 32.6. The number of amides is 1. The summed E-state index contributed by atoms with van der Waals surface area (Å²) >= 11 is 0. The number of nitrogens with zero attached hydrogens (tertiary/aromatic N) is 1. The van der Waals surface area contributed by atoms with Crippen molar-refractivity contribution in [2.45, 2.75) is 25.8 Å². The molecule has 0 aliphatic rings. The number of ether oxygens (including phenoxy) is 1. The first-order valence-corrected chi connectivity index (χ1v) is 6.02. The van der Waals surface area contributed by atoms with E-state index in [9.17, 15) is 19.7 Å². The number of nitro groups is 1. The van der Waals surface area contributed by atoms with Gasteiger partial charge in [0.05, 0.1) is 7.11 Å². The lowest BCUT2D eigenvalue weighted by atomic mass is 10.1. The summed E-state index contributed by atoms with van der Waals surface area (Å²) in [5.41, 5.74) is 0.566. The number of ketones is 1. The van der Waals surface area contributed by atoms with Gasteiger partial charge in [-0.2, -0.15) is 0 Å². The quantitative estimate of drug-likeness (QED) is 0.604. The maximum atomic E-state index is 11.6. The fraction of sp³-hybridized carbons (Fsp3) is 0.385. The van der Waals surface area contributed by atoms with E-state index in [1.807, 2.05) is 0 Å². The van der Waals surface area contributed by atoms with Gasteiger partial charge in [0, 0.05) is 30.4 Å². The van der Waals surface area contributed by atoms with Crippen molar-refractivity contribution in [3.05, 3.63) is 34.4 Å². The number of carbonyl (C=O) groups is 2. The van der Waals surface area contributed by atoms with Crippen molar-refractivity contribution in [2.75, 3.05) is 12.4 Å². The van der Waals surface area contributed by atoms with Gasteiger partial charge in [-0.25, -0.2) is 0 Å². The lowest BCUT2D eigenvalue weighted by Gasteiger charge is -2.07. The van der Waals surface area contributed by atoms with Crippen LogP contribution in [0.15, 0.2) is 24.3 Å². The minimum absolute atomic E-state index is 0.0861. The molecule has 1 amide bonds. The van der Waals surface area contributed by atoms with Crippen LogP contribution in [0.25, 0.3) is 0 Å². The molecular weight excluding hydrogens is 264 g/mol. The van der Waals surface area contributed by atoms with E-state index < -0.39 is 16.7 Å². The highest BCUT2D eigenvalue weighted by atomic mass is 16.6. The van der Waals surface area contributed by atoms with Crippen LogP contribution in [0.4, 0.5) is 5.69 Å². The first-order chi connectivity index (χ1) is 9.43. The zero-order chi connectivity index (χ0) is 15.1. The van der Waals surface area contributed by atoms with E-state index >= 15 is 0 Å². The van der Waals surface area contributed by atoms with E-state index in [1.165, 1.54) is 7.11 Å². The van der Waals surface area contributed by atoms with Gasteiger partial charge in [0.1, 0.15) is 5.75 Å². The van der Waals surface area contributed by atoms with Crippen molar-refractivity contribution in [3.8, 4) is 5.75 Å². The summed E-state index contributed by atoms with van der Waals surface area (Å²) in [6, 6.07) is 5.37. The number of methoxy groups -OCH3 is 1. The maximum Gasteiger partial charge on any atom is 0.270 e. The van der Waals surface area contributed by atoms with Gasteiger partial charge in [0.2, 0.25) is 11.7 Å². The van der Waals surface area contributed by atoms with Gasteiger partial charge in [-0.05, 0) is 24.3 Å². The van der Waals surface area contributed by atoms with E-state index in [0.717, 1.165) is 6.92 Å². The molecule has 0 aromatic heterocycles. The van der Waals surface area contributed by atoms with Crippen LogP contribution in [0.1, 0.15) is 19.8 Å². The van der Waals surface area contributed by atoms with Crippen LogP contribution in [0.5, 0.6) is 5.75 Å². The summed E-state index contributed by atoms with van der Waals surface area (Å²) in [7, 11) is 1.53. The van der Waals surface area contributed by atoms with E-state index in [2.05, 4.69) is 5.32 Å². The van der Waals surface area contributed by atoms with Gasteiger partial charge in [-0.15, -0.1) is 0 Å². The van der Waals surface area contributed by atoms with Crippen molar-refractivity contribution in [1.29, 1.82) is 0 Å². The van der Waals surface area contributed by atoms with Crippen molar-refractivity contribution < 1.29 is 19.2 Å². The van der Waals surface area contributed by atoms with Crippen LogP contribution in [0.2, 0.25) is 0 Å². The Bertz CT molecular complexity index is 484. The van der Waals surface area contributed by atoms with Crippen molar-refractivity contribution in [1.82, 2.24) is 0 Å². The Kier molecular flexibility index (Phi) is 5.64. The molecule has 1 aromatic carbocycles. The van der Waals surface area contributed by atoms with E-state index in [4.69, 9.17) is 4.74 Å². The minimum atomic E-state index is -1.32. The minimum Gasteiger partial charge on any atom is -0.497 e. The smallest absolute Gasteiger partial charge is 0.270 e. The number of carbonyl (C=O) groups excluding carboxylic acids is 2. The average Bonchev–Trinajstić information content (AvgIpc) is 2.39. The Morgan fingerprint density at radius 2 is 1.95 bits per heavy atom. The van der Waals surface area contributed by atoms with Gasteiger partial charge >= 0.3 is 0 Å². The lowest BCUT2D eigenvalue weighted by Crippen LogP contribution is -2.28. The highest BCUT2D eigenvalue weighted by molar-refractivity contribution is 5.91. The number of Topliss-reactive ketones (excluding diaryl/α,β-unsaturated/α-hetero) is 1. The second kappa shape index (κ2) is 7.22. The molecule has 0 fully saturated rings. The highest BCUT2D eigenvalue weighted by Gasteiger charge is 2.26. The van der Waals surface area contributed by atoms with Crippen molar-refractivity contribution in [2.24, 2.45) is 0 Å². The summed E-state index contributed by atoms with van der Waals surface area (Å²) in [6.45, 7) is 1.15. The number of rotatable bonds is 7. The Balaban J connectivity index is 2.50. The fourth-order valence-corrected chi connectivity index (χ4v) is 1.62. The van der Waals surface area contributed by atoms with Gasteiger partial charge in [0.15, 0.2) is 0 Å². The third kappa shape index (κ3) is 4.68. The molecule has 20 heavy (non-hydrogen) atoms. The topological polar surface area (TPSA) is 98.5 Å². The molecular formula is C13H16N2O5. The van der Waals surface area contributed by atoms with Crippen LogP contribution >= 0.6 is 0 Å². The maximum absolute atomic E-state index is 11.6. The predicted octanol–water partition coefficient (Wildman–Crippen LogP) is 1.65. The molecule has 0 radical (unpaired) electrons. The van der Waals surface area contributed by atoms with Crippen LogP contribution < -0.4 is 10.1 Å². The van der Waals surface area contributed by atoms with E-state index in [-0.39, 0.29) is 18.7 Å². The normalized spacial score (nSPS) is 11.5. The zero-order valence-electron chi connectivity index (χ0n) is 11.3. The van der Waals surface area contributed by atoms with Gasteiger partial charge < -0.3 is 10.1 Å². The zero-order valence-corrected chi connectivity index (χ0v) is 11.3.